The number of aromatic nitrogens is 2. The second-order valence-electron chi connectivity index (χ2n) is 7.77. The molecule has 0 aliphatic heterocycles. The highest BCUT2D eigenvalue weighted by Gasteiger charge is 2.32. The molecule has 1 aromatic carbocycles. The Morgan fingerprint density at radius 3 is 2.34 bits per heavy atom. The van der Waals surface area contributed by atoms with Crippen molar-refractivity contribution in [1.29, 1.82) is 0 Å². The first-order valence-corrected chi connectivity index (χ1v) is 12.6. The number of unbranched alkanes of at least 4 members (excludes halogenated alkanes) is 2. The third-order valence-corrected chi connectivity index (χ3v) is 7.69. The number of benzene rings is 1. The highest BCUT2D eigenvalue weighted by Crippen LogP contribution is 2.23. The van der Waals surface area contributed by atoms with Gasteiger partial charge in [-0.15, -0.1) is 0 Å². The Morgan fingerprint density at radius 2 is 1.81 bits per heavy atom. The van der Waals surface area contributed by atoms with E-state index in [-0.39, 0.29) is 23.1 Å². The summed E-state index contributed by atoms with van der Waals surface area (Å²) >= 11 is 6.18. The van der Waals surface area contributed by atoms with Gasteiger partial charge in [0.2, 0.25) is 10.0 Å². The molecule has 0 saturated carbocycles. The van der Waals surface area contributed by atoms with E-state index < -0.39 is 22.0 Å². The van der Waals surface area contributed by atoms with Gasteiger partial charge in [0.15, 0.2) is 5.15 Å². The molecule has 0 fully saturated rings. The van der Waals surface area contributed by atoms with Crippen molar-refractivity contribution >= 4 is 27.6 Å². The van der Waals surface area contributed by atoms with Crippen molar-refractivity contribution in [3.05, 3.63) is 46.5 Å². The van der Waals surface area contributed by atoms with E-state index in [1.807, 2.05) is 11.5 Å². The van der Waals surface area contributed by atoms with E-state index in [2.05, 4.69) is 11.9 Å². The van der Waals surface area contributed by atoms with E-state index in [1.165, 1.54) is 19.2 Å². The van der Waals surface area contributed by atoms with Gasteiger partial charge in [0.05, 0.1) is 17.2 Å². The summed E-state index contributed by atoms with van der Waals surface area (Å²) in [5.74, 6) is -0.383. The van der Waals surface area contributed by atoms with Crippen molar-refractivity contribution in [1.82, 2.24) is 13.9 Å². The van der Waals surface area contributed by atoms with Crippen LogP contribution in [0.25, 0.3) is 0 Å². The minimum atomic E-state index is -3.96. The fourth-order valence-corrected chi connectivity index (χ4v) is 5.11. The van der Waals surface area contributed by atoms with Crippen LogP contribution in [0.4, 0.5) is 0 Å². The second kappa shape index (κ2) is 11.8. The molecule has 0 bridgehead atoms. The Morgan fingerprint density at radius 1 is 1.19 bits per heavy atom. The monoisotopic (exact) mass is 485 g/mol. The van der Waals surface area contributed by atoms with E-state index in [0.29, 0.717) is 18.7 Å². The highest BCUT2D eigenvalue weighted by atomic mass is 35.5. The SMILES string of the molecule is CCCCc1nc(Cl)c(CO)n1Cc1ccc(S(=O)(=O)N(C)C(CCCC)C(=O)O)cc1. The topological polar surface area (TPSA) is 113 Å². The number of aliphatic hydroxyl groups is 1. The number of aryl methyl sites for hydroxylation is 1. The van der Waals surface area contributed by atoms with E-state index >= 15 is 0 Å². The largest absolute Gasteiger partial charge is 0.480 e. The number of aliphatic hydroxyl groups excluding tert-OH is 1. The fourth-order valence-electron chi connectivity index (χ4n) is 3.51. The standard InChI is InChI=1S/C22H32ClN3O5S/c1-4-6-8-18(22(28)29)25(3)32(30,31)17-12-10-16(11-13-17)14-26-19(15-27)21(23)24-20(26)9-7-5-2/h10-13,18,27H,4-9,14-15H2,1-3H3,(H,28,29). The van der Waals surface area contributed by atoms with Crippen LogP contribution in [0.1, 0.15) is 63.0 Å². The van der Waals surface area contributed by atoms with Gasteiger partial charge in [-0.3, -0.25) is 4.79 Å². The van der Waals surface area contributed by atoms with Gasteiger partial charge in [-0.25, -0.2) is 13.4 Å². The number of carboxylic acids is 1. The quantitative estimate of drug-likeness (QED) is 0.447. The average molecular weight is 486 g/mol. The molecule has 178 valence electrons. The van der Waals surface area contributed by atoms with Gasteiger partial charge in [-0.1, -0.05) is 56.8 Å². The van der Waals surface area contributed by atoms with Gasteiger partial charge >= 0.3 is 5.97 Å². The number of hydrogen-bond acceptors (Lipinski definition) is 5. The van der Waals surface area contributed by atoms with Crippen molar-refractivity contribution in [3.63, 3.8) is 0 Å². The molecule has 0 amide bonds. The van der Waals surface area contributed by atoms with Crippen molar-refractivity contribution in [3.8, 4) is 0 Å². The lowest BCUT2D eigenvalue weighted by molar-refractivity contribution is -0.141. The van der Waals surface area contributed by atoms with Gasteiger partial charge in [0.1, 0.15) is 11.9 Å². The van der Waals surface area contributed by atoms with Crippen LogP contribution in [0.2, 0.25) is 5.15 Å². The molecule has 0 radical (unpaired) electrons. The number of aliphatic carboxylic acids is 1. The summed E-state index contributed by atoms with van der Waals surface area (Å²) in [7, 11) is -2.66. The number of imidazole rings is 1. The molecular formula is C22H32ClN3O5S. The molecule has 32 heavy (non-hydrogen) atoms. The van der Waals surface area contributed by atoms with Crippen molar-refractivity contribution < 1.29 is 23.4 Å². The number of sulfonamides is 1. The summed E-state index contributed by atoms with van der Waals surface area (Å²) in [6.45, 7) is 4.15. The molecule has 2 rings (SSSR count). The third-order valence-electron chi connectivity index (χ3n) is 5.50. The van der Waals surface area contributed by atoms with Gasteiger partial charge < -0.3 is 14.8 Å². The van der Waals surface area contributed by atoms with Crippen LogP contribution in [0.3, 0.4) is 0 Å². The van der Waals surface area contributed by atoms with Crippen molar-refractivity contribution in [2.24, 2.45) is 0 Å². The number of nitrogens with zero attached hydrogens (tertiary/aromatic N) is 3. The Kier molecular flexibility index (Phi) is 9.69. The summed E-state index contributed by atoms with van der Waals surface area (Å²) in [5, 5.41) is 19.5. The van der Waals surface area contributed by atoms with E-state index in [1.54, 1.807) is 12.1 Å². The zero-order valence-electron chi connectivity index (χ0n) is 18.8. The summed E-state index contributed by atoms with van der Waals surface area (Å²) < 4.78 is 28.8. The maximum absolute atomic E-state index is 13.0. The van der Waals surface area contributed by atoms with Gasteiger partial charge in [-0.2, -0.15) is 4.31 Å². The molecule has 0 saturated heterocycles. The molecule has 2 aromatic rings. The number of likely N-dealkylation sites (N-methyl/N-ethyl adjacent to an activating group) is 1. The van der Waals surface area contributed by atoms with Crippen molar-refractivity contribution in [2.75, 3.05) is 7.05 Å². The summed E-state index contributed by atoms with van der Waals surface area (Å²) in [5.41, 5.74) is 1.34. The van der Waals surface area contributed by atoms with E-state index in [9.17, 15) is 23.4 Å². The molecule has 2 N–H and O–H groups in total. The van der Waals surface area contributed by atoms with Crippen LogP contribution in [0.15, 0.2) is 29.2 Å². The number of hydrogen-bond donors (Lipinski definition) is 2. The van der Waals surface area contributed by atoms with Crippen LogP contribution in [-0.2, 0) is 34.4 Å². The molecule has 0 aliphatic rings. The Hall–Kier alpha value is -1.94. The first-order valence-electron chi connectivity index (χ1n) is 10.8. The normalized spacial score (nSPS) is 12.9. The highest BCUT2D eigenvalue weighted by molar-refractivity contribution is 7.89. The predicted molar refractivity (Wildman–Crippen MR) is 123 cm³/mol. The zero-order chi connectivity index (χ0) is 23.9. The molecule has 1 heterocycles. The van der Waals surface area contributed by atoms with Crippen LogP contribution < -0.4 is 0 Å². The fraction of sp³-hybridized carbons (Fsp3) is 0.545. The molecule has 0 aliphatic carbocycles. The second-order valence-corrected chi connectivity index (χ2v) is 10.1. The van der Waals surface area contributed by atoms with Crippen LogP contribution in [0.5, 0.6) is 0 Å². The number of carboxylic acid groups (broad SMARTS) is 1. The van der Waals surface area contributed by atoms with E-state index in [0.717, 1.165) is 41.4 Å². The minimum Gasteiger partial charge on any atom is -0.480 e. The van der Waals surface area contributed by atoms with E-state index in [4.69, 9.17) is 11.6 Å². The first kappa shape index (κ1) is 26.3. The lowest BCUT2D eigenvalue weighted by Gasteiger charge is -2.24. The van der Waals surface area contributed by atoms with Crippen LogP contribution in [-0.4, -0.2) is 51.5 Å². The molecule has 8 nitrogen and oxygen atoms in total. The minimum absolute atomic E-state index is 0.0313. The smallest absolute Gasteiger partial charge is 0.322 e. The molecule has 0 spiro atoms. The third kappa shape index (κ3) is 6.10. The molecular weight excluding hydrogens is 454 g/mol. The number of rotatable bonds is 13. The zero-order valence-corrected chi connectivity index (χ0v) is 20.4. The maximum Gasteiger partial charge on any atom is 0.322 e. The van der Waals surface area contributed by atoms with Crippen LogP contribution >= 0.6 is 11.6 Å². The Balaban J connectivity index is 2.27. The van der Waals surface area contributed by atoms with Gasteiger partial charge in [0.25, 0.3) is 0 Å². The lowest BCUT2D eigenvalue weighted by Crippen LogP contribution is -2.42. The predicted octanol–water partition coefficient (Wildman–Crippen LogP) is 3.68. The summed E-state index contributed by atoms with van der Waals surface area (Å²) in [6, 6.07) is 5.20. The van der Waals surface area contributed by atoms with Crippen molar-refractivity contribution in [2.45, 2.75) is 76.5 Å². The molecule has 10 heteroatoms. The van der Waals surface area contributed by atoms with Crippen LogP contribution in [0, 0.1) is 0 Å². The molecule has 1 unspecified atom stereocenters. The lowest BCUT2D eigenvalue weighted by atomic mass is 10.1. The maximum atomic E-state index is 13.0. The average Bonchev–Trinajstić information content (AvgIpc) is 3.06. The van der Waals surface area contributed by atoms with Gasteiger partial charge in [-0.05, 0) is 30.5 Å². The first-order chi connectivity index (χ1) is 15.2. The summed E-state index contributed by atoms with van der Waals surface area (Å²) in [4.78, 5) is 16.0. The number of carbonyl (C=O) groups is 1. The molecule has 1 atom stereocenters. The Labute approximate surface area is 194 Å². The molecule has 1 aromatic heterocycles. The summed E-state index contributed by atoms with van der Waals surface area (Å²) in [6.07, 6.45) is 4.31. The number of halogens is 1. The Bertz CT molecular complexity index is 1010. The van der Waals surface area contributed by atoms with Gasteiger partial charge in [0, 0.05) is 20.0 Å².